The summed E-state index contributed by atoms with van der Waals surface area (Å²) in [6, 6.07) is 5.83. The van der Waals surface area contributed by atoms with E-state index in [0.29, 0.717) is 23.5 Å². The number of imidazole rings is 1. The van der Waals surface area contributed by atoms with Gasteiger partial charge in [0.05, 0.1) is 12.9 Å². The Morgan fingerprint density at radius 1 is 1.10 bits per heavy atom. The number of anilines is 1. The molecule has 3 aromatic rings. The highest BCUT2D eigenvalue weighted by atomic mass is 16.7. The van der Waals surface area contributed by atoms with Gasteiger partial charge in [-0.15, -0.1) is 0 Å². The van der Waals surface area contributed by atoms with E-state index < -0.39 is 31.1 Å². The summed E-state index contributed by atoms with van der Waals surface area (Å²) >= 11 is 0. The van der Waals surface area contributed by atoms with E-state index in [9.17, 15) is 15.3 Å². The van der Waals surface area contributed by atoms with Crippen molar-refractivity contribution < 1.29 is 29.5 Å². The predicted molar refractivity (Wildman–Crippen MR) is 103 cm³/mol. The molecule has 4 heterocycles. The van der Waals surface area contributed by atoms with Gasteiger partial charge in [0.25, 0.3) is 0 Å². The zero-order valence-corrected chi connectivity index (χ0v) is 15.9. The molecule has 4 N–H and O–H groups in total. The summed E-state index contributed by atoms with van der Waals surface area (Å²) in [7, 11) is 0. The van der Waals surface area contributed by atoms with E-state index in [0.717, 1.165) is 23.5 Å². The molecule has 0 saturated carbocycles. The highest BCUT2D eigenvalue weighted by Crippen LogP contribution is 2.33. The summed E-state index contributed by atoms with van der Waals surface area (Å²) in [5, 5.41) is 32.8. The van der Waals surface area contributed by atoms with Gasteiger partial charge >= 0.3 is 0 Å². The number of hydrogen-bond acceptors (Lipinski definition) is 10. The lowest BCUT2D eigenvalue weighted by atomic mass is 10.1. The van der Waals surface area contributed by atoms with Crippen molar-refractivity contribution in [3.05, 3.63) is 36.4 Å². The van der Waals surface area contributed by atoms with Gasteiger partial charge in [0.15, 0.2) is 34.7 Å². The van der Waals surface area contributed by atoms with Gasteiger partial charge < -0.3 is 34.8 Å². The Hall–Kier alpha value is -2.99. The number of aliphatic hydroxyl groups excluding tert-OH is 3. The molecule has 5 rings (SSSR count). The van der Waals surface area contributed by atoms with E-state index in [1.54, 1.807) is 0 Å². The van der Waals surface area contributed by atoms with E-state index >= 15 is 0 Å². The van der Waals surface area contributed by atoms with Crippen molar-refractivity contribution in [2.75, 3.05) is 25.3 Å². The van der Waals surface area contributed by atoms with Crippen LogP contribution in [0.2, 0.25) is 0 Å². The average Bonchev–Trinajstić information content (AvgIpc) is 3.46. The zero-order chi connectivity index (χ0) is 20.7. The Bertz CT molecular complexity index is 1060. The molecule has 0 bridgehead atoms. The van der Waals surface area contributed by atoms with E-state index in [2.05, 4.69) is 20.3 Å². The van der Waals surface area contributed by atoms with Crippen molar-refractivity contribution in [1.82, 2.24) is 19.5 Å². The van der Waals surface area contributed by atoms with Crippen LogP contribution in [0, 0.1) is 0 Å². The van der Waals surface area contributed by atoms with E-state index in [1.807, 2.05) is 18.2 Å². The molecule has 11 nitrogen and oxygen atoms in total. The maximum absolute atomic E-state index is 10.3. The molecular weight excluding hydrogens is 394 g/mol. The third-order valence-electron chi connectivity index (χ3n) is 5.29. The second-order valence-corrected chi connectivity index (χ2v) is 7.14. The first-order chi connectivity index (χ1) is 14.7. The van der Waals surface area contributed by atoms with Crippen molar-refractivity contribution in [3.8, 4) is 11.5 Å². The molecular formula is C19H21N5O6. The Kier molecular flexibility index (Phi) is 4.87. The van der Waals surface area contributed by atoms with Crippen LogP contribution in [0.3, 0.4) is 0 Å². The van der Waals surface area contributed by atoms with Crippen molar-refractivity contribution in [2.45, 2.75) is 31.0 Å². The molecule has 0 radical (unpaired) electrons. The molecule has 0 aliphatic carbocycles. The fourth-order valence-corrected chi connectivity index (χ4v) is 3.70. The van der Waals surface area contributed by atoms with Crippen LogP contribution in [-0.2, 0) is 11.2 Å². The highest BCUT2D eigenvalue weighted by molar-refractivity contribution is 5.82. The van der Waals surface area contributed by atoms with Gasteiger partial charge in [0, 0.05) is 6.54 Å². The number of benzene rings is 1. The molecule has 30 heavy (non-hydrogen) atoms. The molecule has 1 unspecified atom stereocenters. The minimum Gasteiger partial charge on any atom is -0.454 e. The van der Waals surface area contributed by atoms with Crippen LogP contribution in [0.25, 0.3) is 11.2 Å². The number of aromatic nitrogens is 4. The molecule has 11 heteroatoms. The summed E-state index contributed by atoms with van der Waals surface area (Å²) < 4.78 is 17.8. The first-order valence-corrected chi connectivity index (χ1v) is 9.58. The van der Waals surface area contributed by atoms with Crippen molar-refractivity contribution in [3.63, 3.8) is 0 Å². The highest BCUT2D eigenvalue weighted by Gasteiger charge is 2.44. The van der Waals surface area contributed by atoms with Gasteiger partial charge in [-0.1, -0.05) is 6.07 Å². The van der Waals surface area contributed by atoms with E-state index in [1.165, 1.54) is 17.2 Å². The third-order valence-corrected chi connectivity index (χ3v) is 5.29. The quantitative estimate of drug-likeness (QED) is 0.428. The fraction of sp³-hybridized carbons (Fsp3) is 0.421. The van der Waals surface area contributed by atoms with Crippen molar-refractivity contribution >= 4 is 17.0 Å². The van der Waals surface area contributed by atoms with Crippen LogP contribution in [-0.4, -0.2) is 73.1 Å². The lowest BCUT2D eigenvalue weighted by Gasteiger charge is -2.16. The molecule has 1 aromatic carbocycles. The Balaban J connectivity index is 1.31. The summed E-state index contributed by atoms with van der Waals surface area (Å²) in [6.45, 7) is 0.448. The number of nitrogens with one attached hydrogen (secondary N) is 1. The predicted octanol–water partition coefficient (Wildman–Crippen LogP) is -0.179. The summed E-state index contributed by atoms with van der Waals surface area (Å²) in [5.41, 5.74) is 2.06. The number of ether oxygens (including phenoxy) is 3. The van der Waals surface area contributed by atoms with Gasteiger partial charge in [0.1, 0.15) is 24.6 Å². The second-order valence-electron chi connectivity index (χ2n) is 7.14. The monoisotopic (exact) mass is 415 g/mol. The molecule has 2 aromatic heterocycles. The maximum atomic E-state index is 10.3. The summed E-state index contributed by atoms with van der Waals surface area (Å²) in [6.07, 6.45) is -0.580. The van der Waals surface area contributed by atoms with Crippen LogP contribution in [0.1, 0.15) is 11.8 Å². The van der Waals surface area contributed by atoms with Gasteiger partial charge in [-0.25, -0.2) is 15.0 Å². The lowest BCUT2D eigenvalue weighted by molar-refractivity contribution is -0.0511. The van der Waals surface area contributed by atoms with Crippen LogP contribution in [0.4, 0.5) is 5.82 Å². The van der Waals surface area contributed by atoms with Gasteiger partial charge in [-0.2, -0.15) is 0 Å². The van der Waals surface area contributed by atoms with Crippen LogP contribution in [0.15, 0.2) is 30.9 Å². The summed E-state index contributed by atoms with van der Waals surface area (Å²) in [5.74, 6) is 2.04. The summed E-state index contributed by atoms with van der Waals surface area (Å²) in [4.78, 5) is 12.9. The normalized spacial score (nSPS) is 25.2. The van der Waals surface area contributed by atoms with Gasteiger partial charge in [-0.3, -0.25) is 4.57 Å². The number of hydrogen-bond donors (Lipinski definition) is 4. The Labute approximate surface area is 170 Å². The SMILES string of the molecule is OC[C@H]1OC(n2cnc3c(NCCc4ccc5c(c4)OCO5)ncnc32)[C@H](O)[C@@H]1O. The van der Waals surface area contributed by atoms with Gasteiger partial charge in [0.2, 0.25) is 6.79 Å². The topological polar surface area (TPSA) is 144 Å². The maximum Gasteiger partial charge on any atom is 0.231 e. The number of fused-ring (bicyclic) bond motifs is 2. The molecule has 0 amide bonds. The third kappa shape index (κ3) is 3.21. The Morgan fingerprint density at radius 3 is 2.80 bits per heavy atom. The average molecular weight is 415 g/mol. The van der Waals surface area contributed by atoms with Crippen molar-refractivity contribution in [2.24, 2.45) is 0 Å². The molecule has 0 spiro atoms. The van der Waals surface area contributed by atoms with Crippen LogP contribution < -0.4 is 14.8 Å². The molecule has 1 saturated heterocycles. The largest absolute Gasteiger partial charge is 0.454 e. The molecule has 4 atom stereocenters. The lowest BCUT2D eigenvalue weighted by Crippen LogP contribution is -2.33. The first kappa shape index (κ1) is 19.0. The van der Waals surface area contributed by atoms with Crippen LogP contribution in [0.5, 0.6) is 11.5 Å². The number of rotatable bonds is 6. The molecule has 1 fully saturated rings. The molecule has 158 valence electrons. The zero-order valence-electron chi connectivity index (χ0n) is 15.9. The van der Waals surface area contributed by atoms with Crippen molar-refractivity contribution in [1.29, 1.82) is 0 Å². The minimum atomic E-state index is -1.21. The number of aliphatic hydroxyl groups is 3. The Morgan fingerprint density at radius 2 is 1.97 bits per heavy atom. The standard InChI is InChI=1S/C19H21N5O6/c25-6-13-15(26)16(27)19(30-13)24-8-23-14-17(21-7-22-18(14)24)20-4-3-10-1-2-11-12(5-10)29-9-28-11/h1-2,5,7-8,13,15-16,19,25-27H,3-4,6,9H2,(H,20,21,22)/t13-,15-,16-,19?/m1/s1. The second kappa shape index (κ2) is 7.69. The van der Waals surface area contributed by atoms with E-state index in [4.69, 9.17) is 14.2 Å². The minimum absolute atomic E-state index is 0.244. The molecule has 2 aliphatic heterocycles. The number of nitrogens with zero attached hydrogens (tertiary/aromatic N) is 4. The van der Waals surface area contributed by atoms with Gasteiger partial charge in [-0.05, 0) is 24.1 Å². The smallest absolute Gasteiger partial charge is 0.231 e. The van der Waals surface area contributed by atoms with Crippen LogP contribution >= 0.6 is 0 Å². The molecule has 2 aliphatic rings. The van der Waals surface area contributed by atoms with E-state index in [-0.39, 0.29) is 6.79 Å². The first-order valence-electron chi connectivity index (χ1n) is 9.58. The fourth-order valence-electron chi connectivity index (χ4n) is 3.70.